The molecule has 0 bridgehead atoms. The third kappa shape index (κ3) is 2.54. The molecule has 2 aliphatic rings. The molecule has 0 aromatic carbocycles. The third-order valence-electron chi connectivity index (χ3n) is 4.56. The Morgan fingerprint density at radius 2 is 2.30 bits per heavy atom. The van der Waals surface area contributed by atoms with Gasteiger partial charge in [0.1, 0.15) is 5.76 Å². The van der Waals surface area contributed by atoms with Crippen LogP contribution in [-0.4, -0.2) is 23.3 Å². The summed E-state index contributed by atoms with van der Waals surface area (Å²) in [5, 5.41) is 15.5. The molecular weight excluding hydrogens is 256 g/mol. The molecule has 1 heterocycles. The van der Waals surface area contributed by atoms with E-state index in [2.05, 4.69) is 10.6 Å². The molecule has 1 fully saturated rings. The number of fused-ring (bicyclic) bond motifs is 1. The minimum atomic E-state index is -0.502. The van der Waals surface area contributed by atoms with Gasteiger partial charge in [0.05, 0.1) is 24.5 Å². The van der Waals surface area contributed by atoms with Crippen LogP contribution in [-0.2, 0) is 6.42 Å². The largest absolute Gasteiger partial charge is 0.469 e. The van der Waals surface area contributed by atoms with Gasteiger partial charge in [0.15, 0.2) is 0 Å². The summed E-state index contributed by atoms with van der Waals surface area (Å²) in [6.45, 7) is 1.89. The van der Waals surface area contributed by atoms with Gasteiger partial charge in [0.2, 0.25) is 0 Å². The molecule has 0 aliphatic heterocycles. The summed E-state index contributed by atoms with van der Waals surface area (Å²) in [6, 6.07) is 1.75. The summed E-state index contributed by atoms with van der Waals surface area (Å²) in [6.07, 6.45) is 6.73. The van der Waals surface area contributed by atoms with Crippen molar-refractivity contribution in [2.24, 2.45) is 5.92 Å². The fourth-order valence-corrected chi connectivity index (χ4v) is 3.08. The number of carbonyl (C=O) groups is 1. The Morgan fingerprint density at radius 1 is 1.50 bits per heavy atom. The Labute approximate surface area is 118 Å². The van der Waals surface area contributed by atoms with E-state index in [0.29, 0.717) is 5.92 Å². The van der Waals surface area contributed by atoms with Crippen LogP contribution in [0.15, 0.2) is 16.7 Å². The Morgan fingerprint density at radius 3 is 3.00 bits per heavy atom. The molecule has 0 saturated heterocycles. The number of hydrogen-bond acceptors (Lipinski definition) is 3. The quantitative estimate of drug-likeness (QED) is 0.789. The van der Waals surface area contributed by atoms with Crippen LogP contribution >= 0.6 is 0 Å². The molecule has 1 aromatic heterocycles. The van der Waals surface area contributed by atoms with Crippen LogP contribution in [0.5, 0.6) is 0 Å². The fraction of sp³-hybridized carbons (Fsp3) is 0.667. The van der Waals surface area contributed by atoms with Gasteiger partial charge >= 0.3 is 6.03 Å². The standard InChI is InChI=1S/C15H22N2O3/c1-15(9-18,10-5-6-10)17-14(19)16-12-3-2-4-13-11(12)7-8-20-13/h7-8,10,12,18H,2-6,9H2,1H3,(H2,16,17,19). The van der Waals surface area contributed by atoms with Crippen LogP contribution < -0.4 is 10.6 Å². The summed E-state index contributed by atoms with van der Waals surface area (Å²) in [5.41, 5.74) is 0.585. The van der Waals surface area contributed by atoms with Crippen molar-refractivity contribution in [2.75, 3.05) is 6.61 Å². The van der Waals surface area contributed by atoms with E-state index < -0.39 is 5.54 Å². The smallest absolute Gasteiger partial charge is 0.315 e. The maximum atomic E-state index is 12.2. The predicted octanol–water partition coefficient (Wildman–Crippen LogP) is 2.12. The fourth-order valence-electron chi connectivity index (χ4n) is 3.08. The molecule has 1 aromatic rings. The summed E-state index contributed by atoms with van der Waals surface area (Å²) in [4.78, 5) is 12.2. The number of aliphatic hydroxyl groups is 1. The predicted molar refractivity (Wildman–Crippen MR) is 74.3 cm³/mol. The number of carbonyl (C=O) groups excluding carboxylic acids is 1. The van der Waals surface area contributed by atoms with Gasteiger partial charge in [0.25, 0.3) is 0 Å². The van der Waals surface area contributed by atoms with Crippen molar-refractivity contribution in [3.05, 3.63) is 23.7 Å². The van der Waals surface area contributed by atoms with Crippen LogP contribution in [0.4, 0.5) is 4.79 Å². The van der Waals surface area contributed by atoms with E-state index in [-0.39, 0.29) is 18.7 Å². The second kappa shape index (κ2) is 5.13. The highest BCUT2D eigenvalue weighted by molar-refractivity contribution is 5.75. The van der Waals surface area contributed by atoms with E-state index in [0.717, 1.165) is 43.4 Å². The first-order chi connectivity index (χ1) is 9.62. The number of hydrogen-bond donors (Lipinski definition) is 3. The van der Waals surface area contributed by atoms with E-state index in [9.17, 15) is 9.90 Å². The number of urea groups is 1. The highest BCUT2D eigenvalue weighted by Crippen LogP contribution is 2.39. The monoisotopic (exact) mass is 278 g/mol. The van der Waals surface area contributed by atoms with Crippen molar-refractivity contribution >= 4 is 6.03 Å². The molecule has 20 heavy (non-hydrogen) atoms. The van der Waals surface area contributed by atoms with Crippen LogP contribution in [0, 0.1) is 5.92 Å². The van der Waals surface area contributed by atoms with Gasteiger partial charge in [-0.3, -0.25) is 0 Å². The zero-order valence-electron chi connectivity index (χ0n) is 11.8. The second-order valence-corrected chi connectivity index (χ2v) is 6.19. The highest BCUT2D eigenvalue weighted by Gasteiger charge is 2.42. The van der Waals surface area contributed by atoms with E-state index in [1.807, 2.05) is 13.0 Å². The maximum Gasteiger partial charge on any atom is 0.315 e. The molecule has 2 aliphatic carbocycles. The van der Waals surface area contributed by atoms with Crippen molar-refractivity contribution in [2.45, 2.75) is 50.6 Å². The molecule has 1 saturated carbocycles. The zero-order valence-corrected chi connectivity index (χ0v) is 11.8. The summed E-state index contributed by atoms with van der Waals surface area (Å²) in [7, 11) is 0. The SMILES string of the molecule is CC(CO)(NC(=O)NC1CCCc2occc21)C1CC1. The van der Waals surface area contributed by atoms with Gasteiger partial charge in [0, 0.05) is 12.0 Å². The van der Waals surface area contributed by atoms with Gasteiger partial charge in [-0.25, -0.2) is 4.79 Å². The molecule has 110 valence electrons. The minimum absolute atomic E-state index is 0.0136. The Kier molecular flexibility index (Phi) is 3.46. The topological polar surface area (TPSA) is 74.5 Å². The normalized spacial score (nSPS) is 24.6. The molecule has 2 atom stereocenters. The van der Waals surface area contributed by atoms with Crippen molar-refractivity contribution in [1.82, 2.24) is 10.6 Å². The third-order valence-corrected chi connectivity index (χ3v) is 4.56. The van der Waals surface area contributed by atoms with Crippen molar-refractivity contribution in [3.63, 3.8) is 0 Å². The van der Waals surface area contributed by atoms with E-state index in [1.54, 1.807) is 6.26 Å². The summed E-state index contributed by atoms with van der Waals surface area (Å²) in [5.74, 6) is 1.38. The van der Waals surface area contributed by atoms with Gasteiger partial charge in [-0.2, -0.15) is 0 Å². The number of aliphatic hydroxyl groups excluding tert-OH is 1. The lowest BCUT2D eigenvalue weighted by Gasteiger charge is -2.31. The molecule has 2 amide bonds. The molecule has 0 spiro atoms. The summed E-state index contributed by atoms with van der Waals surface area (Å²) >= 11 is 0. The van der Waals surface area contributed by atoms with Crippen LogP contribution in [0.3, 0.4) is 0 Å². The number of rotatable bonds is 4. The van der Waals surface area contributed by atoms with Gasteiger partial charge < -0.3 is 20.2 Å². The highest BCUT2D eigenvalue weighted by atomic mass is 16.3. The number of aryl methyl sites for hydroxylation is 1. The van der Waals surface area contributed by atoms with Crippen LogP contribution in [0.2, 0.25) is 0 Å². The van der Waals surface area contributed by atoms with Crippen LogP contribution in [0.25, 0.3) is 0 Å². The lowest BCUT2D eigenvalue weighted by molar-refractivity contribution is 0.153. The number of nitrogens with one attached hydrogen (secondary N) is 2. The number of amides is 2. The van der Waals surface area contributed by atoms with Gasteiger partial charge in [-0.15, -0.1) is 0 Å². The first-order valence-electron chi connectivity index (χ1n) is 7.38. The van der Waals surface area contributed by atoms with Gasteiger partial charge in [-0.1, -0.05) is 0 Å². The molecule has 2 unspecified atom stereocenters. The average molecular weight is 278 g/mol. The second-order valence-electron chi connectivity index (χ2n) is 6.19. The van der Waals surface area contributed by atoms with E-state index in [4.69, 9.17) is 4.42 Å². The lowest BCUT2D eigenvalue weighted by atomic mass is 9.93. The van der Waals surface area contributed by atoms with E-state index in [1.165, 1.54) is 0 Å². The number of furan rings is 1. The average Bonchev–Trinajstić information content (AvgIpc) is 3.18. The molecule has 3 N–H and O–H groups in total. The minimum Gasteiger partial charge on any atom is -0.469 e. The molecule has 0 radical (unpaired) electrons. The van der Waals surface area contributed by atoms with Gasteiger partial charge in [-0.05, 0) is 44.6 Å². The Bertz CT molecular complexity index is 495. The Balaban J connectivity index is 1.63. The zero-order chi connectivity index (χ0) is 14.2. The van der Waals surface area contributed by atoms with E-state index >= 15 is 0 Å². The Hall–Kier alpha value is -1.49. The first-order valence-corrected chi connectivity index (χ1v) is 7.38. The van der Waals surface area contributed by atoms with Crippen LogP contribution in [0.1, 0.15) is 50.0 Å². The lowest BCUT2D eigenvalue weighted by Crippen LogP contribution is -2.54. The van der Waals surface area contributed by atoms with Crippen molar-refractivity contribution < 1.29 is 14.3 Å². The molecule has 3 rings (SSSR count). The van der Waals surface area contributed by atoms with Crippen molar-refractivity contribution in [3.8, 4) is 0 Å². The maximum absolute atomic E-state index is 12.2. The molecule has 5 heteroatoms. The first kappa shape index (κ1) is 13.5. The molecule has 5 nitrogen and oxygen atoms in total. The molecular formula is C15H22N2O3. The summed E-state index contributed by atoms with van der Waals surface area (Å²) < 4.78 is 5.43. The van der Waals surface area contributed by atoms with Crippen molar-refractivity contribution in [1.29, 1.82) is 0 Å².